The molecule has 0 amide bonds. The molecule has 0 radical (unpaired) electrons. The zero-order valence-corrected chi connectivity index (χ0v) is 12.0. The van der Waals surface area contributed by atoms with Crippen molar-refractivity contribution in [2.45, 2.75) is 45.3 Å². The van der Waals surface area contributed by atoms with E-state index < -0.39 is 0 Å². The summed E-state index contributed by atoms with van der Waals surface area (Å²) in [6.07, 6.45) is 0.961. The molecule has 1 N–H and O–H groups in total. The molecule has 1 aliphatic rings. The summed E-state index contributed by atoms with van der Waals surface area (Å²) in [6, 6.07) is 10.6. The van der Waals surface area contributed by atoms with Gasteiger partial charge in [-0.1, -0.05) is 44.2 Å². The van der Waals surface area contributed by atoms with Crippen LogP contribution in [0, 0.1) is 5.92 Å². The third kappa shape index (κ3) is 2.93. The lowest BCUT2D eigenvalue weighted by Crippen LogP contribution is -2.60. The molecule has 0 aliphatic carbocycles. The fraction of sp³-hybridized carbons (Fsp3) is 0.625. The van der Waals surface area contributed by atoms with Gasteiger partial charge in [0.2, 0.25) is 0 Å². The third-order valence-electron chi connectivity index (χ3n) is 4.10. The molecule has 2 atom stereocenters. The first-order valence-corrected chi connectivity index (χ1v) is 6.88. The Hall–Kier alpha value is -0.860. The minimum atomic E-state index is -0.112. The minimum Gasteiger partial charge on any atom is -0.366 e. The monoisotopic (exact) mass is 247 g/mol. The van der Waals surface area contributed by atoms with Crippen molar-refractivity contribution in [3.63, 3.8) is 0 Å². The van der Waals surface area contributed by atoms with Crippen LogP contribution < -0.4 is 5.32 Å². The molecule has 2 heteroatoms. The number of hydrogen-bond donors (Lipinski definition) is 1. The van der Waals surface area contributed by atoms with Gasteiger partial charge in [-0.15, -0.1) is 0 Å². The summed E-state index contributed by atoms with van der Waals surface area (Å²) in [7, 11) is 0. The Morgan fingerprint density at radius 3 is 2.44 bits per heavy atom. The van der Waals surface area contributed by atoms with Gasteiger partial charge in [0, 0.05) is 19.5 Å². The van der Waals surface area contributed by atoms with E-state index in [9.17, 15) is 0 Å². The topological polar surface area (TPSA) is 21.3 Å². The average Bonchev–Trinajstić information content (AvgIpc) is 2.29. The number of morpholine rings is 1. The number of hydrogen-bond acceptors (Lipinski definition) is 2. The first-order valence-electron chi connectivity index (χ1n) is 6.88. The number of rotatable bonds is 3. The predicted octanol–water partition coefficient (Wildman–Crippen LogP) is 3.02. The summed E-state index contributed by atoms with van der Waals surface area (Å²) < 4.78 is 6.46. The maximum Gasteiger partial charge on any atom is 0.0826 e. The van der Waals surface area contributed by atoms with Gasteiger partial charge in [-0.2, -0.15) is 0 Å². The van der Waals surface area contributed by atoms with Gasteiger partial charge in [-0.3, -0.25) is 0 Å². The van der Waals surface area contributed by atoms with Crippen LogP contribution in [-0.2, 0) is 11.2 Å². The minimum absolute atomic E-state index is 0.0677. The average molecular weight is 247 g/mol. The lowest BCUT2D eigenvalue weighted by Gasteiger charge is -2.48. The van der Waals surface area contributed by atoms with Crippen molar-refractivity contribution < 1.29 is 4.74 Å². The Labute approximate surface area is 111 Å². The Morgan fingerprint density at radius 1 is 1.17 bits per heavy atom. The van der Waals surface area contributed by atoms with Crippen LogP contribution in [0.25, 0.3) is 0 Å². The van der Waals surface area contributed by atoms with E-state index in [4.69, 9.17) is 4.74 Å². The molecular formula is C16H25NO. The van der Waals surface area contributed by atoms with Crippen LogP contribution >= 0.6 is 0 Å². The molecule has 0 saturated carbocycles. The zero-order valence-electron chi connectivity index (χ0n) is 12.0. The van der Waals surface area contributed by atoms with Gasteiger partial charge in [0.1, 0.15) is 0 Å². The fourth-order valence-electron chi connectivity index (χ4n) is 2.66. The van der Waals surface area contributed by atoms with Gasteiger partial charge >= 0.3 is 0 Å². The van der Waals surface area contributed by atoms with Gasteiger partial charge in [0.25, 0.3) is 0 Å². The summed E-state index contributed by atoms with van der Waals surface area (Å²) in [5.41, 5.74) is 1.16. The Kier molecular flexibility index (Phi) is 3.79. The Morgan fingerprint density at radius 2 is 1.83 bits per heavy atom. The molecule has 1 aromatic carbocycles. The molecule has 2 rings (SSSR count). The molecule has 1 saturated heterocycles. The normalized spacial score (nSPS) is 32.7. The summed E-state index contributed by atoms with van der Waals surface area (Å²) in [5.74, 6) is 0.514. The van der Waals surface area contributed by atoms with E-state index in [1.165, 1.54) is 5.56 Å². The van der Waals surface area contributed by atoms with Crippen molar-refractivity contribution in [2.75, 3.05) is 13.1 Å². The largest absolute Gasteiger partial charge is 0.366 e. The van der Waals surface area contributed by atoms with E-state index in [1.807, 2.05) is 0 Å². The molecule has 2 nitrogen and oxygen atoms in total. The quantitative estimate of drug-likeness (QED) is 0.886. The summed E-state index contributed by atoms with van der Waals surface area (Å²) in [5, 5.41) is 3.54. The van der Waals surface area contributed by atoms with E-state index in [2.05, 4.69) is 63.3 Å². The first-order chi connectivity index (χ1) is 8.44. The molecule has 1 aromatic rings. The van der Waals surface area contributed by atoms with Crippen LogP contribution in [0.4, 0.5) is 0 Å². The Bertz CT molecular complexity index is 389. The van der Waals surface area contributed by atoms with Crippen LogP contribution in [-0.4, -0.2) is 24.3 Å². The molecule has 1 aliphatic heterocycles. The summed E-state index contributed by atoms with van der Waals surface area (Å²) >= 11 is 0. The lowest BCUT2D eigenvalue weighted by atomic mass is 9.86. The molecule has 0 spiro atoms. The van der Waals surface area contributed by atoms with Crippen molar-refractivity contribution in [3.8, 4) is 0 Å². The molecule has 2 unspecified atom stereocenters. The van der Waals surface area contributed by atoms with Crippen molar-refractivity contribution >= 4 is 0 Å². The number of benzene rings is 1. The van der Waals surface area contributed by atoms with Gasteiger partial charge < -0.3 is 10.1 Å². The van der Waals surface area contributed by atoms with E-state index >= 15 is 0 Å². The maximum atomic E-state index is 6.46. The molecular weight excluding hydrogens is 222 g/mol. The molecule has 0 aromatic heterocycles. The van der Waals surface area contributed by atoms with E-state index in [0.29, 0.717) is 5.92 Å². The molecule has 100 valence electrons. The van der Waals surface area contributed by atoms with E-state index in [1.54, 1.807) is 0 Å². The molecule has 18 heavy (non-hydrogen) atoms. The number of nitrogens with one attached hydrogen (secondary N) is 1. The maximum absolute atomic E-state index is 6.46. The smallest absolute Gasteiger partial charge is 0.0826 e. The van der Waals surface area contributed by atoms with E-state index in [0.717, 1.165) is 19.5 Å². The first kappa shape index (κ1) is 13.6. The standard InChI is InChI=1S/C16H25NO/c1-13(2)16(4)12-17-11-15(3,18-16)10-14-8-6-5-7-9-14/h5-9,13,17H,10-12H2,1-4H3. The van der Waals surface area contributed by atoms with Crippen molar-refractivity contribution in [2.24, 2.45) is 5.92 Å². The van der Waals surface area contributed by atoms with Gasteiger partial charge in [-0.05, 0) is 25.3 Å². The second kappa shape index (κ2) is 5.02. The van der Waals surface area contributed by atoms with Crippen LogP contribution in [0.15, 0.2) is 30.3 Å². The van der Waals surface area contributed by atoms with Crippen LogP contribution in [0.1, 0.15) is 33.3 Å². The predicted molar refractivity (Wildman–Crippen MR) is 75.7 cm³/mol. The summed E-state index contributed by atoms with van der Waals surface area (Å²) in [4.78, 5) is 0. The van der Waals surface area contributed by atoms with Gasteiger partial charge in [0.15, 0.2) is 0 Å². The zero-order chi connectivity index (χ0) is 13.2. The SMILES string of the molecule is CC(C)C1(C)CNCC(C)(Cc2ccccc2)O1. The highest BCUT2D eigenvalue weighted by Gasteiger charge is 2.41. The second-order valence-electron chi connectivity index (χ2n) is 6.29. The molecule has 0 bridgehead atoms. The highest BCUT2D eigenvalue weighted by molar-refractivity contribution is 5.17. The van der Waals surface area contributed by atoms with Gasteiger partial charge in [-0.25, -0.2) is 0 Å². The lowest BCUT2D eigenvalue weighted by molar-refractivity contribution is -0.180. The highest BCUT2D eigenvalue weighted by atomic mass is 16.5. The van der Waals surface area contributed by atoms with Crippen LogP contribution in [0.5, 0.6) is 0 Å². The fourth-order valence-corrected chi connectivity index (χ4v) is 2.66. The van der Waals surface area contributed by atoms with Crippen molar-refractivity contribution in [1.29, 1.82) is 0 Å². The highest BCUT2D eigenvalue weighted by Crippen LogP contribution is 2.32. The van der Waals surface area contributed by atoms with Crippen LogP contribution in [0.2, 0.25) is 0 Å². The van der Waals surface area contributed by atoms with Gasteiger partial charge in [0.05, 0.1) is 11.2 Å². The molecule has 1 fully saturated rings. The number of ether oxygens (including phenoxy) is 1. The Balaban J connectivity index is 2.11. The molecule has 1 heterocycles. The van der Waals surface area contributed by atoms with Crippen molar-refractivity contribution in [3.05, 3.63) is 35.9 Å². The van der Waals surface area contributed by atoms with Crippen LogP contribution in [0.3, 0.4) is 0 Å². The summed E-state index contributed by atoms with van der Waals surface area (Å²) in [6.45, 7) is 10.8. The van der Waals surface area contributed by atoms with E-state index in [-0.39, 0.29) is 11.2 Å². The third-order valence-corrected chi connectivity index (χ3v) is 4.10. The van der Waals surface area contributed by atoms with Crippen molar-refractivity contribution in [1.82, 2.24) is 5.32 Å². The second-order valence-corrected chi connectivity index (χ2v) is 6.29.